The number of aryl methyl sites for hydroxylation is 2. The van der Waals surface area contributed by atoms with Crippen LogP contribution in [0.4, 0.5) is 0 Å². The molecule has 6 heteroatoms. The van der Waals surface area contributed by atoms with Gasteiger partial charge in [-0.15, -0.1) is 11.3 Å². The summed E-state index contributed by atoms with van der Waals surface area (Å²) in [6.07, 6.45) is 2.01. The highest BCUT2D eigenvalue weighted by molar-refractivity contribution is 7.15. The zero-order chi connectivity index (χ0) is 15.0. The Bertz CT molecular complexity index is 770. The molecule has 0 saturated heterocycles. The highest BCUT2D eigenvalue weighted by atomic mass is 35.5. The Labute approximate surface area is 132 Å². The van der Waals surface area contributed by atoms with Gasteiger partial charge < -0.3 is 10.1 Å². The fourth-order valence-electron chi connectivity index (χ4n) is 2.38. The van der Waals surface area contributed by atoms with Gasteiger partial charge in [-0.25, -0.2) is 0 Å². The molecule has 0 aliphatic rings. The molecule has 0 amide bonds. The highest BCUT2D eigenvalue weighted by Gasteiger charge is 2.16. The molecule has 0 radical (unpaired) electrons. The Kier molecular flexibility index (Phi) is 3.89. The Hall–Kier alpha value is -1.56. The van der Waals surface area contributed by atoms with Crippen molar-refractivity contribution in [2.24, 2.45) is 0 Å². The number of ether oxygens (including phenoxy) is 1. The summed E-state index contributed by atoms with van der Waals surface area (Å²) in [5.41, 5.74) is 3.03. The monoisotopic (exact) mass is 321 g/mol. The molecule has 21 heavy (non-hydrogen) atoms. The van der Waals surface area contributed by atoms with E-state index in [-0.39, 0.29) is 0 Å². The first-order valence-electron chi connectivity index (χ1n) is 6.63. The fourth-order valence-corrected chi connectivity index (χ4v) is 3.43. The third kappa shape index (κ3) is 2.64. The lowest BCUT2D eigenvalue weighted by Crippen LogP contribution is -2.08. The summed E-state index contributed by atoms with van der Waals surface area (Å²) in [6, 6.07) is 3.81. The molecule has 0 bridgehead atoms. The van der Waals surface area contributed by atoms with Gasteiger partial charge in [0.2, 0.25) is 5.88 Å². The molecule has 0 aliphatic carbocycles. The number of aromatic nitrogens is 2. The minimum absolute atomic E-state index is 0.643. The van der Waals surface area contributed by atoms with Crippen LogP contribution in [0.2, 0.25) is 5.02 Å². The van der Waals surface area contributed by atoms with Crippen molar-refractivity contribution in [3.63, 3.8) is 0 Å². The minimum atomic E-state index is 0.643. The number of imidazole rings is 1. The van der Waals surface area contributed by atoms with Crippen LogP contribution in [0.3, 0.4) is 0 Å². The number of thiazole rings is 1. The predicted octanol–water partition coefficient (Wildman–Crippen LogP) is 4.18. The summed E-state index contributed by atoms with van der Waals surface area (Å²) in [5.74, 6) is 1.47. The summed E-state index contributed by atoms with van der Waals surface area (Å²) < 4.78 is 8.15. The van der Waals surface area contributed by atoms with Gasteiger partial charge in [-0.1, -0.05) is 11.6 Å². The molecule has 0 unspecified atom stereocenters. The summed E-state index contributed by atoms with van der Waals surface area (Å²) >= 11 is 7.66. The normalized spacial score (nSPS) is 11.2. The van der Waals surface area contributed by atoms with Crippen LogP contribution in [0.15, 0.2) is 23.7 Å². The molecule has 1 N–H and O–H groups in total. The van der Waals surface area contributed by atoms with E-state index in [1.807, 2.05) is 44.6 Å². The Morgan fingerprint density at radius 1 is 1.33 bits per heavy atom. The number of benzene rings is 1. The first-order valence-corrected chi connectivity index (χ1v) is 7.89. The first kappa shape index (κ1) is 14.4. The van der Waals surface area contributed by atoms with Gasteiger partial charge in [-0.3, -0.25) is 4.40 Å². The Balaban J connectivity index is 2.05. The molecule has 4 nitrogen and oxygen atoms in total. The molecule has 0 atom stereocenters. The van der Waals surface area contributed by atoms with Gasteiger partial charge >= 0.3 is 0 Å². The summed E-state index contributed by atoms with van der Waals surface area (Å²) in [6.45, 7) is 4.67. The van der Waals surface area contributed by atoms with Crippen LogP contribution >= 0.6 is 22.9 Å². The van der Waals surface area contributed by atoms with Gasteiger partial charge in [0.15, 0.2) is 4.96 Å². The second-order valence-electron chi connectivity index (χ2n) is 4.92. The topological polar surface area (TPSA) is 38.6 Å². The molecule has 0 saturated carbocycles. The molecule has 3 rings (SSSR count). The molecule has 0 spiro atoms. The van der Waals surface area contributed by atoms with Crippen molar-refractivity contribution in [1.82, 2.24) is 14.7 Å². The van der Waals surface area contributed by atoms with Crippen LogP contribution in [-0.4, -0.2) is 16.4 Å². The zero-order valence-corrected chi connectivity index (χ0v) is 13.7. The lowest BCUT2D eigenvalue weighted by molar-refractivity contribution is 0.450. The van der Waals surface area contributed by atoms with Crippen molar-refractivity contribution in [2.45, 2.75) is 20.4 Å². The van der Waals surface area contributed by atoms with E-state index in [0.29, 0.717) is 12.4 Å². The number of fused-ring (bicyclic) bond motifs is 1. The molecule has 3 aromatic rings. The van der Waals surface area contributed by atoms with E-state index in [1.165, 1.54) is 0 Å². The van der Waals surface area contributed by atoms with Gasteiger partial charge in [-0.2, -0.15) is 4.98 Å². The van der Waals surface area contributed by atoms with Crippen molar-refractivity contribution in [3.8, 4) is 11.6 Å². The van der Waals surface area contributed by atoms with Crippen LogP contribution in [0.25, 0.3) is 4.96 Å². The van der Waals surface area contributed by atoms with Crippen molar-refractivity contribution in [3.05, 3.63) is 45.6 Å². The lowest BCUT2D eigenvalue weighted by atomic mass is 10.1. The Morgan fingerprint density at radius 3 is 2.71 bits per heavy atom. The van der Waals surface area contributed by atoms with Gasteiger partial charge in [0, 0.05) is 23.1 Å². The summed E-state index contributed by atoms with van der Waals surface area (Å²) in [4.78, 5) is 5.51. The molecule has 0 aliphatic heterocycles. The number of hydrogen-bond donors (Lipinski definition) is 1. The second-order valence-corrected chi connectivity index (χ2v) is 6.23. The molecular formula is C15H16ClN3OS. The number of halogens is 1. The number of nitrogens with one attached hydrogen (secondary N) is 1. The average Bonchev–Trinajstić information content (AvgIpc) is 2.97. The van der Waals surface area contributed by atoms with Gasteiger partial charge in [-0.05, 0) is 44.2 Å². The summed E-state index contributed by atoms with van der Waals surface area (Å²) in [7, 11) is 1.91. The summed E-state index contributed by atoms with van der Waals surface area (Å²) in [5, 5.41) is 5.90. The van der Waals surface area contributed by atoms with E-state index in [0.717, 1.165) is 32.6 Å². The van der Waals surface area contributed by atoms with E-state index >= 15 is 0 Å². The smallest absolute Gasteiger partial charge is 0.243 e. The van der Waals surface area contributed by atoms with E-state index in [4.69, 9.17) is 16.3 Å². The van der Waals surface area contributed by atoms with Crippen molar-refractivity contribution in [1.29, 1.82) is 0 Å². The molecular weight excluding hydrogens is 306 g/mol. The zero-order valence-electron chi connectivity index (χ0n) is 12.1. The van der Waals surface area contributed by atoms with E-state index in [9.17, 15) is 0 Å². The van der Waals surface area contributed by atoms with E-state index in [2.05, 4.69) is 14.7 Å². The van der Waals surface area contributed by atoms with Gasteiger partial charge in [0.25, 0.3) is 0 Å². The van der Waals surface area contributed by atoms with Gasteiger partial charge in [0.1, 0.15) is 11.4 Å². The maximum Gasteiger partial charge on any atom is 0.243 e. The van der Waals surface area contributed by atoms with Crippen LogP contribution in [-0.2, 0) is 6.54 Å². The SMILES string of the molecule is CNCc1c(Oc2c(C)cc(Cl)cc2C)nc2sccn12. The van der Waals surface area contributed by atoms with Crippen LogP contribution in [0.5, 0.6) is 11.6 Å². The number of nitrogens with zero attached hydrogens (tertiary/aromatic N) is 2. The van der Waals surface area contributed by atoms with E-state index < -0.39 is 0 Å². The average molecular weight is 322 g/mol. The van der Waals surface area contributed by atoms with Crippen molar-refractivity contribution in [2.75, 3.05) is 7.05 Å². The minimum Gasteiger partial charge on any atom is -0.437 e. The maximum absolute atomic E-state index is 6.10. The van der Waals surface area contributed by atoms with Crippen LogP contribution in [0, 0.1) is 13.8 Å². The lowest BCUT2D eigenvalue weighted by Gasteiger charge is -2.12. The molecule has 0 fully saturated rings. The quantitative estimate of drug-likeness (QED) is 0.783. The number of hydrogen-bond acceptors (Lipinski definition) is 4. The van der Waals surface area contributed by atoms with Crippen LogP contribution < -0.4 is 10.1 Å². The van der Waals surface area contributed by atoms with E-state index in [1.54, 1.807) is 11.3 Å². The van der Waals surface area contributed by atoms with Crippen molar-refractivity contribution >= 4 is 27.9 Å². The van der Waals surface area contributed by atoms with Crippen molar-refractivity contribution < 1.29 is 4.74 Å². The van der Waals surface area contributed by atoms with Crippen LogP contribution in [0.1, 0.15) is 16.8 Å². The maximum atomic E-state index is 6.10. The first-order chi connectivity index (χ1) is 10.1. The molecule has 2 aromatic heterocycles. The second kappa shape index (κ2) is 5.67. The largest absolute Gasteiger partial charge is 0.437 e. The third-order valence-electron chi connectivity index (χ3n) is 3.29. The predicted molar refractivity (Wildman–Crippen MR) is 86.8 cm³/mol. The molecule has 2 heterocycles. The number of rotatable bonds is 4. The molecule has 110 valence electrons. The standard InChI is InChI=1S/C15H16ClN3OS/c1-9-6-11(16)7-10(2)13(9)20-14-12(8-17-3)19-4-5-21-15(19)18-14/h4-7,17H,8H2,1-3H3. The fraction of sp³-hybridized carbons (Fsp3) is 0.267. The Morgan fingerprint density at radius 2 is 2.05 bits per heavy atom. The van der Waals surface area contributed by atoms with Gasteiger partial charge in [0.05, 0.1) is 0 Å². The highest BCUT2D eigenvalue weighted by Crippen LogP contribution is 2.33. The molecule has 1 aromatic carbocycles. The third-order valence-corrected chi connectivity index (χ3v) is 4.27.